The van der Waals surface area contributed by atoms with Gasteiger partial charge in [0.1, 0.15) is 5.75 Å². The summed E-state index contributed by atoms with van der Waals surface area (Å²) in [5.74, 6) is 1.75. The van der Waals surface area contributed by atoms with Gasteiger partial charge in [0.25, 0.3) is 0 Å². The molecule has 0 bridgehead atoms. The van der Waals surface area contributed by atoms with Gasteiger partial charge in [0.2, 0.25) is 10.9 Å². The van der Waals surface area contributed by atoms with Gasteiger partial charge in [-0.2, -0.15) is 4.98 Å². The van der Waals surface area contributed by atoms with Gasteiger partial charge in [0.05, 0.1) is 23.5 Å². The molecule has 31 heavy (non-hydrogen) atoms. The number of ether oxygens (including phenoxy) is 1. The molecule has 1 N–H and O–H groups in total. The van der Waals surface area contributed by atoms with Crippen LogP contribution in [0.1, 0.15) is 0 Å². The third kappa shape index (κ3) is 3.93. The van der Waals surface area contributed by atoms with Gasteiger partial charge >= 0.3 is 0 Å². The summed E-state index contributed by atoms with van der Waals surface area (Å²) < 4.78 is 6.91. The van der Waals surface area contributed by atoms with Crippen molar-refractivity contribution >= 4 is 51.3 Å². The number of halogens is 2. The Kier molecular flexibility index (Phi) is 5.19. The van der Waals surface area contributed by atoms with Crippen molar-refractivity contribution in [3.8, 4) is 28.3 Å². The summed E-state index contributed by atoms with van der Waals surface area (Å²) in [7, 11) is 1.63. The zero-order chi connectivity index (χ0) is 21.4. The number of hydrogen-bond donors (Lipinski definition) is 1. The van der Waals surface area contributed by atoms with Crippen molar-refractivity contribution < 1.29 is 4.74 Å². The predicted molar refractivity (Wildman–Crippen MR) is 124 cm³/mol. The molecule has 0 spiro atoms. The standard InChI is InChI=1S/C21H14Cl2N6OS/c1-30-14-5-2-12(3-6-14)17-8-9-19(27-26-17)24-20-25-21-29(28-20)18(11-31-21)15-10-13(22)4-7-16(15)23/h2-11H,1H3,(H,24,27,28). The summed E-state index contributed by atoms with van der Waals surface area (Å²) >= 11 is 13.9. The molecule has 2 aromatic carbocycles. The summed E-state index contributed by atoms with van der Waals surface area (Å²) in [6.45, 7) is 0. The average molecular weight is 469 g/mol. The number of methoxy groups -OCH3 is 1. The van der Waals surface area contributed by atoms with Crippen LogP contribution in [0, 0.1) is 0 Å². The van der Waals surface area contributed by atoms with Gasteiger partial charge in [0.15, 0.2) is 5.82 Å². The highest BCUT2D eigenvalue weighted by molar-refractivity contribution is 7.15. The average Bonchev–Trinajstić information content (AvgIpc) is 3.36. The number of nitrogens with one attached hydrogen (secondary N) is 1. The quantitative estimate of drug-likeness (QED) is 0.342. The first-order valence-corrected chi connectivity index (χ1v) is 10.8. The first-order chi connectivity index (χ1) is 15.1. The minimum atomic E-state index is 0.415. The van der Waals surface area contributed by atoms with Crippen molar-refractivity contribution in [2.24, 2.45) is 0 Å². The maximum atomic E-state index is 6.35. The van der Waals surface area contributed by atoms with E-state index in [1.807, 2.05) is 47.8 Å². The Labute approximate surface area is 191 Å². The van der Waals surface area contributed by atoms with Crippen LogP contribution in [-0.2, 0) is 0 Å². The monoisotopic (exact) mass is 468 g/mol. The van der Waals surface area contributed by atoms with Crippen LogP contribution in [0.25, 0.3) is 27.5 Å². The largest absolute Gasteiger partial charge is 0.497 e. The molecule has 5 rings (SSSR count). The van der Waals surface area contributed by atoms with Gasteiger partial charge in [-0.1, -0.05) is 23.2 Å². The van der Waals surface area contributed by atoms with Gasteiger partial charge in [-0.05, 0) is 54.6 Å². The molecule has 0 amide bonds. The summed E-state index contributed by atoms with van der Waals surface area (Å²) in [5, 5.41) is 19.3. The fraction of sp³-hybridized carbons (Fsp3) is 0.0476. The van der Waals surface area contributed by atoms with Crippen LogP contribution >= 0.6 is 34.5 Å². The van der Waals surface area contributed by atoms with Crippen molar-refractivity contribution in [1.29, 1.82) is 0 Å². The zero-order valence-electron chi connectivity index (χ0n) is 16.1. The van der Waals surface area contributed by atoms with E-state index in [1.54, 1.807) is 23.8 Å². The molecule has 0 saturated carbocycles. The molecule has 0 unspecified atom stereocenters. The molecule has 0 aliphatic heterocycles. The SMILES string of the molecule is COc1ccc(-c2ccc(Nc3nc4scc(-c5cc(Cl)ccc5Cl)n4n3)nn2)cc1. The first kappa shape index (κ1) is 19.7. The molecule has 0 saturated heterocycles. The van der Waals surface area contributed by atoms with Crippen molar-refractivity contribution in [1.82, 2.24) is 24.8 Å². The Hall–Kier alpha value is -3.20. The van der Waals surface area contributed by atoms with E-state index in [2.05, 4.69) is 25.6 Å². The Bertz CT molecular complexity index is 1370. The molecule has 0 aliphatic rings. The lowest BCUT2D eigenvalue weighted by Crippen LogP contribution is -1.98. The fourth-order valence-corrected chi connectivity index (χ4v) is 4.25. The molecule has 0 atom stereocenters. The van der Waals surface area contributed by atoms with Gasteiger partial charge in [0, 0.05) is 21.5 Å². The molecular weight excluding hydrogens is 455 g/mol. The molecule has 0 radical (unpaired) electrons. The molecule has 3 heterocycles. The molecular formula is C21H14Cl2N6OS. The number of rotatable bonds is 5. The van der Waals surface area contributed by atoms with Gasteiger partial charge in [-0.25, -0.2) is 4.52 Å². The Morgan fingerprint density at radius 3 is 2.58 bits per heavy atom. The van der Waals surface area contributed by atoms with Crippen LogP contribution in [0.5, 0.6) is 5.75 Å². The lowest BCUT2D eigenvalue weighted by atomic mass is 10.1. The summed E-state index contributed by atoms with van der Waals surface area (Å²) in [6, 6.07) is 16.7. The van der Waals surface area contributed by atoms with Gasteiger partial charge < -0.3 is 10.1 Å². The number of anilines is 2. The van der Waals surface area contributed by atoms with E-state index in [4.69, 9.17) is 27.9 Å². The van der Waals surface area contributed by atoms with E-state index in [0.717, 1.165) is 33.2 Å². The highest BCUT2D eigenvalue weighted by atomic mass is 35.5. The number of fused-ring (bicyclic) bond motifs is 1. The third-order valence-electron chi connectivity index (χ3n) is 4.58. The van der Waals surface area contributed by atoms with E-state index in [9.17, 15) is 0 Å². The molecule has 0 aliphatic carbocycles. The molecule has 5 aromatic rings. The lowest BCUT2D eigenvalue weighted by Gasteiger charge is -2.04. The number of thiazole rings is 1. The smallest absolute Gasteiger partial charge is 0.249 e. The fourth-order valence-electron chi connectivity index (χ4n) is 3.04. The normalized spacial score (nSPS) is 11.1. The molecule has 0 fully saturated rings. The van der Waals surface area contributed by atoms with Crippen LogP contribution in [0.15, 0.2) is 60.0 Å². The van der Waals surface area contributed by atoms with Crippen molar-refractivity contribution in [2.45, 2.75) is 0 Å². The minimum absolute atomic E-state index is 0.415. The van der Waals surface area contributed by atoms with E-state index >= 15 is 0 Å². The number of hydrogen-bond acceptors (Lipinski definition) is 7. The van der Waals surface area contributed by atoms with Crippen molar-refractivity contribution in [2.75, 3.05) is 12.4 Å². The second-order valence-corrected chi connectivity index (χ2v) is 8.21. The van der Waals surface area contributed by atoms with Crippen LogP contribution in [-0.4, -0.2) is 31.9 Å². The summed E-state index contributed by atoms with van der Waals surface area (Å²) in [5.41, 5.74) is 3.31. The Morgan fingerprint density at radius 1 is 1.00 bits per heavy atom. The number of benzene rings is 2. The van der Waals surface area contributed by atoms with E-state index in [-0.39, 0.29) is 0 Å². The maximum Gasteiger partial charge on any atom is 0.249 e. The topological polar surface area (TPSA) is 77.2 Å². The van der Waals surface area contributed by atoms with E-state index in [0.29, 0.717) is 21.8 Å². The lowest BCUT2D eigenvalue weighted by molar-refractivity contribution is 0.415. The van der Waals surface area contributed by atoms with Gasteiger partial charge in [-0.3, -0.25) is 0 Å². The van der Waals surface area contributed by atoms with Gasteiger partial charge in [-0.15, -0.1) is 26.6 Å². The molecule has 10 heteroatoms. The Balaban J connectivity index is 1.39. The second-order valence-electron chi connectivity index (χ2n) is 6.53. The van der Waals surface area contributed by atoms with E-state index < -0.39 is 0 Å². The Morgan fingerprint density at radius 2 is 1.84 bits per heavy atom. The zero-order valence-corrected chi connectivity index (χ0v) is 18.4. The summed E-state index contributed by atoms with van der Waals surface area (Å²) in [4.78, 5) is 5.23. The second kappa shape index (κ2) is 8.14. The van der Waals surface area contributed by atoms with Crippen molar-refractivity contribution in [3.05, 3.63) is 70.0 Å². The highest BCUT2D eigenvalue weighted by Crippen LogP contribution is 2.33. The maximum absolute atomic E-state index is 6.35. The number of nitrogens with zero attached hydrogens (tertiary/aromatic N) is 5. The molecule has 3 aromatic heterocycles. The molecule has 7 nitrogen and oxygen atoms in total. The predicted octanol–water partition coefficient (Wildman–Crippen LogP) is 5.97. The first-order valence-electron chi connectivity index (χ1n) is 9.15. The van der Waals surface area contributed by atoms with Crippen molar-refractivity contribution in [3.63, 3.8) is 0 Å². The molecule has 154 valence electrons. The van der Waals surface area contributed by atoms with Crippen LogP contribution in [0.2, 0.25) is 10.0 Å². The highest BCUT2D eigenvalue weighted by Gasteiger charge is 2.15. The third-order valence-corrected chi connectivity index (χ3v) is 5.96. The number of aromatic nitrogens is 5. The summed E-state index contributed by atoms with van der Waals surface area (Å²) in [6.07, 6.45) is 0. The van der Waals surface area contributed by atoms with Crippen LogP contribution in [0.4, 0.5) is 11.8 Å². The van der Waals surface area contributed by atoms with Crippen LogP contribution < -0.4 is 10.1 Å². The van der Waals surface area contributed by atoms with E-state index in [1.165, 1.54) is 11.3 Å². The minimum Gasteiger partial charge on any atom is -0.497 e. The van der Waals surface area contributed by atoms with Crippen LogP contribution in [0.3, 0.4) is 0 Å².